The van der Waals surface area contributed by atoms with Crippen molar-refractivity contribution < 1.29 is 28.7 Å². The van der Waals surface area contributed by atoms with Gasteiger partial charge in [-0.3, -0.25) is 14.9 Å². The number of hydrogen-bond acceptors (Lipinski definition) is 8. The van der Waals surface area contributed by atoms with Gasteiger partial charge < -0.3 is 19.5 Å². The average Bonchev–Trinajstić information content (AvgIpc) is 3.23. The number of carbonyl (C=O) groups is 2. The zero-order valence-corrected chi connectivity index (χ0v) is 22.4. The van der Waals surface area contributed by atoms with Gasteiger partial charge in [-0.05, 0) is 56.2 Å². The van der Waals surface area contributed by atoms with Gasteiger partial charge in [-0.25, -0.2) is 4.79 Å². The van der Waals surface area contributed by atoms with E-state index >= 15 is 0 Å². The number of hydrogen-bond donors (Lipinski definition) is 1. The van der Waals surface area contributed by atoms with Gasteiger partial charge in [0.25, 0.3) is 5.69 Å². The number of nitrogens with zero attached hydrogens (tertiary/aromatic N) is 1. The Kier molecular flexibility index (Phi) is 7.37. The number of allylic oxidation sites excluding steroid dienone is 2. The maximum atomic E-state index is 13.7. The van der Waals surface area contributed by atoms with Gasteiger partial charge >= 0.3 is 5.97 Å². The maximum absolute atomic E-state index is 13.7. The molecule has 5 rings (SSSR count). The van der Waals surface area contributed by atoms with Gasteiger partial charge in [0.15, 0.2) is 17.3 Å². The summed E-state index contributed by atoms with van der Waals surface area (Å²) in [4.78, 5) is 37.4. The molecule has 1 aliphatic carbocycles. The van der Waals surface area contributed by atoms with Crippen LogP contribution in [0.5, 0.6) is 11.5 Å². The predicted octanol–water partition coefficient (Wildman–Crippen LogP) is 5.70. The molecule has 0 spiro atoms. The van der Waals surface area contributed by atoms with E-state index in [2.05, 4.69) is 5.32 Å². The van der Waals surface area contributed by atoms with Crippen LogP contribution in [0.3, 0.4) is 0 Å². The second-order valence-corrected chi connectivity index (χ2v) is 9.33. The number of non-ortho nitro benzene ring substituents is 1. The molecular weight excluding hydrogens is 512 g/mol. The molecule has 0 fully saturated rings. The van der Waals surface area contributed by atoms with E-state index in [1.807, 2.05) is 31.2 Å². The summed E-state index contributed by atoms with van der Waals surface area (Å²) >= 11 is 0. The van der Waals surface area contributed by atoms with Crippen LogP contribution in [0.15, 0.2) is 83.6 Å². The highest BCUT2D eigenvalue weighted by atomic mass is 16.6. The molecule has 0 radical (unpaired) electrons. The number of rotatable bonds is 9. The molecule has 3 aromatic rings. The average molecular weight is 541 g/mol. The second-order valence-electron chi connectivity index (χ2n) is 9.33. The van der Waals surface area contributed by atoms with Gasteiger partial charge in [-0.1, -0.05) is 30.3 Å². The number of dihydropyridines is 1. The molecule has 0 bridgehead atoms. The van der Waals surface area contributed by atoms with Crippen molar-refractivity contribution in [2.24, 2.45) is 0 Å². The van der Waals surface area contributed by atoms with Crippen molar-refractivity contribution in [3.8, 4) is 11.5 Å². The minimum Gasteiger partial charge on any atom is -0.490 e. The van der Waals surface area contributed by atoms with Crippen molar-refractivity contribution >= 4 is 23.1 Å². The fourth-order valence-electron chi connectivity index (χ4n) is 5.11. The molecule has 1 N–H and O–H groups in total. The van der Waals surface area contributed by atoms with Crippen LogP contribution < -0.4 is 14.8 Å². The largest absolute Gasteiger partial charge is 0.490 e. The van der Waals surface area contributed by atoms with Crippen LogP contribution in [0.4, 0.5) is 5.69 Å². The van der Waals surface area contributed by atoms with E-state index in [1.165, 1.54) is 12.1 Å². The number of nitro groups is 1. The number of fused-ring (bicyclic) bond motifs is 2. The Hall–Kier alpha value is -4.92. The first-order valence-electron chi connectivity index (χ1n) is 13.0. The van der Waals surface area contributed by atoms with Gasteiger partial charge in [0.2, 0.25) is 0 Å². The summed E-state index contributed by atoms with van der Waals surface area (Å²) in [6.45, 7) is 6.12. The third-order valence-electron chi connectivity index (χ3n) is 6.89. The molecule has 3 aromatic carbocycles. The first-order chi connectivity index (χ1) is 19.3. The molecule has 40 heavy (non-hydrogen) atoms. The summed E-state index contributed by atoms with van der Waals surface area (Å²) < 4.78 is 17.3. The lowest BCUT2D eigenvalue weighted by Crippen LogP contribution is -2.29. The number of benzene rings is 3. The molecule has 0 saturated heterocycles. The monoisotopic (exact) mass is 540 g/mol. The van der Waals surface area contributed by atoms with Crippen molar-refractivity contribution in [3.05, 3.63) is 116 Å². The predicted molar refractivity (Wildman–Crippen MR) is 148 cm³/mol. The Morgan fingerprint density at radius 2 is 1.68 bits per heavy atom. The van der Waals surface area contributed by atoms with Crippen LogP contribution in [-0.2, 0) is 16.1 Å². The number of nitrogens with one attached hydrogen (secondary N) is 1. The number of esters is 1. The van der Waals surface area contributed by atoms with E-state index < -0.39 is 16.8 Å². The molecule has 2 aliphatic rings. The third kappa shape index (κ3) is 4.82. The first kappa shape index (κ1) is 26.7. The lowest BCUT2D eigenvalue weighted by molar-refractivity contribution is -0.384. The fraction of sp³-hybridized carbons (Fsp3) is 0.226. The highest BCUT2D eigenvalue weighted by Crippen LogP contribution is 2.48. The van der Waals surface area contributed by atoms with Gasteiger partial charge in [-0.2, -0.15) is 0 Å². The first-order valence-corrected chi connectivity index (χ1v) is 13.0. The Morgan fingerprint density at radius 3 is 2.35 bits per heavy atom. The standard InChI is InChI=1S/C31H28N2O7/c1-4-38-25-16-20(12-15-24(25)40-17-19-10-13-21(14-11-19)33(36)37)27-26(31(35)39-5-2)18(3)32-29-22-8-6-7-9-23(22)30(34)28(27)29/h6-16,27,32H,4-5,17H2,1-3H3/t27-/m0/s1. The number of carbonyl (C=O) groups excluding carboxylic acids is 2. The van der Waals surface area contributed by atoms with Crippen LogP contribution in [-0.4, -0.2) is 29.9 Å². The third-order valence-corrected chi connectivity index (χ3v) is 6.89. The number of Topliss-reactive ketones (excluding diaryl/α,β-unsaturated/α-hetero) is 1. The maximum Gasteiger partial charge on any atom is 0.336 e. The lowest BCUT2D eigenvalue weighted by atomic mass is 9.79. The number of ketones is 1. The molecule has 1 aliphatic heterocycles. The quantitative estimate of drug-likeness (QED) is 0.209. The summed E-state index contributed by atoms with van der Waals surface area (Å²) in [6.07, 6.45) is 0. The highest BCUT2D eigenvalue weighted by molar-refractivity contribution is 6.23. The smallest absolute Gasteiger partial charge is 0.336 e. The van der Waals surface area contributed by atoms with Gasteiger partial charge in [0.05, 0.1) is 29.4 Å². The molecule has 0 aromatic heterocycles. The second kappa shape index (κ2) is 11.1. The van der Waals surface area contributed by atoms with E-state index in [-0.39, 0.29) is 24.7 Å². The Labute approximate surface area is 231 Å². The summed E-state index contributed by atoms with van der Waals surface area (Å²) in [7, 11) is 0. The van der Waals surface area contributed by atoms with Crippen LogP contribution in [0.2, 0.25) is 0 Å². The van der Waals surface area contributed by atoms with Gasteiger partial charge in [-0.15, -0.1) is 0 Å². The summed E-state index contributed by atoms with van der Waals surface area (Å²) in [6, 6.07) is 18.9. The normalized spacial score (nSPS) is 15.8. The molecule has 0 amide bonds. The number of nitro benzene ring substituents is 1. The highest BCUT2D eigenvalue weighted by Gasteiger charge is 2.43. The minimum atomic E-state index is -0.682. The van der Waals surface area contributed by atoms with E-state index in [9.17, 15) is 19.7 Å². The Balaban J connectivity index is 1.53. The summed E-state index contributed by atoms with van der Waals surface area (Å²) in [5.41, 5.74) is 4.96. The van der Waals surface area contributed by atoms with E-state index in [0.29, 0.717) is 51.8 Å². The molecule has 204 valence electrons. The van der Waals surface area contributed by atoms with E-state index in [4.69, 9.17) is 14.2 Å². The lowest BCUT2D eigenvalue weighted by Gasteiger charge is -2.29. The van der Waals surface area contributed by atoms with Crippen molar-refractivity contribution in [3.63, 3.8) is 0 Å². The molecule has 1 heterocycles. The summed E-state index contributed by atoms with van der Waals surface area (Å²) in [5, 5.41) is 14.2. The Morgan fingerprint density at radius 1 is 0.950 bits per heavy atom. The molecule has 9 heteroatoms. The summed E-state index contributed by atoms with van der Waals surface area (Å²) in [5.74, 6) is -0.408. The van der Waals surface area contributed by atoms with Crippen molar-refractivity contribution in [1.29, 1.82) is 0 Å². The van der Waals surface area contributed by atoms with E-state index in [0.717, 1.165) is 11.1 Å². The van der Waals surface area contributed by atoms with Crippen molar-refractivity contribution in [2.75, 3.05) is 13.2 Å². The number of ether oxygens (including phenoxy) is 3. The fourth-order valence-corrected chi connectivity index (χ4v) is 5.11. The molecule has 9 nitrogen and oxygen atoms in total. The van der Waals surface area contributed by atoms with Crippen LogP contribution in [0.25, 0.3) is 5.70 Å². The van der Waals surface area contributed by atoms with Crippen molar-refractivity contribution in [2.45, 2.75) is 33.3 Å². The molecule has 1 atom stereocenters. The zero-order chi connectivity index (χ0) is 28.4. The van der Waals surface area contributed by atoms with Crippen LogP contribution in [0.1, 0.15) is 53.7 Å². The SMILES string of the molecule is CCOC(=O)C1=C(C)NC2=C(C(=O)c3ccccc32)[C@H]1c1ccc(OCc2ccc([N+](=O)[O-])cc2)c(OCC)c1. The molecule has 0 unspecified atom stereocenters. The van der Waals surface area contributed by atoms with Gasteiger partial charge in [0, 0.05) is 40.4 Å². The van der Waals surface area contributed by atoms with Crippen LogP contribution in [0, 0.1) is 10.1 Å². The minimum absolute atomic E-state index is 0.00289. The Bertz CT molecular complexity index is 1570. The molecular formula is C31H28N2O7. The van der Waals surface area contributed by atoms with Crippen LogP contribution >= 0.6 is 0 Å². The molecule has 0 saturated carbocycles. The van der Waals surface area contributed by atoms with Gasteiger partial charge in [0.1, 0.15) is 6.61 Å². The zero-order valence-electron chi connectivity index (χ0n) is 22.4. The van der Waals surface area contributed by atoms with Crippen molar-refractivity contribution in [1.82, 2.24) is 5.32 Å². The van der Waals surface area contributed by atoms with E-state index in [1.54, 1.807) is 44.2 Å². The topological polar surface area (TPSA) is 117 Å².